The maximum absolute atomic E-state index is 12.3. The van der Waals surface area contributed by atoms with E-state index >= 15 is 0 Å². The molecule has 0 unspecified atom stereocenters. The number of aromatic carboxylic acids is 2. The molecule has 182 valence electrons. The lowest BCUT2D eigenvalue weighted by Gasteiger charge is -2.28. The Morgan fingerprint density at radius 1 is 0.618 bits per heavy atom. The molecule has 10 nitrogen and oxygen atoms in total. The van der Waals surface area contributed by atoms with Crippen molar-refractivity contribution in [2.75, 3.05) is 0 Å². The highest BCUT2D eigenvalue weighted by Crippen LogP contribution is 2.26. The van der Waals surface area contributed by atoms with Gasteiger partial charge in [0.15, 0.2) is 0 Å². The molecule has 0 saturated carbocycles. The van der Waals surface area contributed by atoms with E-state index in [0.717, 1.165) is 0 Å². The van der Waals surface area contributed by atoms with Crippen LogP contribution in [0.15, 0.2) is 48.5 Å². The van der Waals surface area contributed by atoms with Crippen LogP contribution in [0.1, 0.15) is 82.0 Å². The Hall–Kier alpha value is -3.76. The molecular weight excluding hydrogens is 448 g/mol. The highest BCUT2D eigenvalue weighted by atomic mass is 17.2. The smallest absolute Gasteiger partial charge is 0.373 e. The molecule has 0 aromatic heterocycles. The minimum atomic E-state index is -1.27. The molecule has 0 radical (unpaired) electrons. The molecule has 2 aromatic carbocycles. The Kier molecular flexibility index (Phi) is 8.50. The van der Waals surface area contributed by atoms with Crippen LogP contribution >= 0.6 is 0 Å². The molecule has 0 spiro atoms. The predicted octanol–water partition coefficient (Wildman–Crippen LogP) is 4.30. The van der Waals surface area contributed by atoms with Crippen molar-refractivity contribution < 1.29 is 48.9 Å². The lowest BCUT2D eigenvalue weighted by atomic mass is 9.94. The molecule has 2 N–H and O–H groups in total. The van der Waals surface area contributed by atoms with Crippen LogP contribution in [0.25, 0.3) is 0 Å². The fourth-order valence-electron chi connectivity index (χ4n) is 2.77. The van der Waals surface area contributed by atoms with Crippen LogP contribution in [-0.4, -0.2) is 45.3 Å². The molecule has 0 bridgehead atoms. The van der Waals surface area contributed by atoms with Gasteiger partial charge < -0.3 is 10.2 Å². The largest absolute Gasteiger partial charge is 0.478 e. The Balaban J connectivity index is 1.91. The van der Waals surface area contributed by atoms with E-state index in [-0.39, 0.29) is 35.1 Å². The third-order valence-electron chi connectivity index (χ3n) is 4.77. The van der Waals surface area contributed by atoms with Gasteiger partial charge in [-0.25, -0.2) is 19.2 Å². The van der Waals surface area contributed by atoms with Crippen molar-refractivity contribution in [2.24, 2.45) is 0 Å². The molecule has 0 atom stereocenters. The first-order valence-corrected chi connectivity index (χ1v) is 10.3. The van der Waals surface area contributed by atoms with E-state index < -0.39 is 35.1 Å². The average molecular weight is 474 g/mol. The summed E-state index contributed by atoms with van der Waals surface area (Å²) in [6, 6.07) is 11.2. The summed E-state index contributed by atoms with van der Waals surface area (Å²) in [4.78, 5) is 67.3. The van der Waals surface area contributed by atoms with Crippen molar-refractivity contribution >= 4 is 23.9 Å². The zero-order valence-electron chi connectivity index (χ0n) is 19.2. The minimum absolute atomic E-state index is 0.150. The first-order chi connectivity index (χ1) is 15.8. The third-order valence-corrected chi connectivity index (χ3v) is 4.77. The summed E-state index contributed by atoms with van der Waals surface area (Å²) in [5.74, 6) is -4.45. The van der Waals surface area contributed by atoms with Crippen LogP contribution in [0, 0.1) is 0 Å². The van der Waals surface area contributed by atoms with E-state index in [2.05, 4.69) is 0 Å². The Bertz CT molecular complexity index is 985. The van der Waals surface area contributed by atoms with Gasteiger partial charge in [0, 0.05) is 0 Å². The summed E-state index contributed by atoms with van der Waals surface area (Å²) in [5.41, 5.74) is -2.71. The molecule has 2 rings (SSSR count). The quantitative estimate of drug-likeness (QED) is 0.357. The molecule has 0 amide bonds. The summed E-state index contributed by atoms with van der Waals surface area (Å²) >= 11 is 0. The highest BCUT2D eigenvalue weighted by molar-refractivity contribution is 6.02. The van der Waals surface area contributed by atoms with Gasteiger partial charge >= 0.3 is 23.9 Å². The van der Waals surface area contributed by atoms with E-state index in [1.165, 1.54) is 48.5 Å². The first kappa shape index (κ1) is 26.5. The van der Waals surface area contributed by atoms with Crippen LogP contribution in [0.5, 0.6) is 0 Å². The van der Waals surface area contributed by atoms with Crippen molar-refractivity contribution in [1.29, 1.82) is 0 Å². The molecule has 0 aliphatic heterocycles. The van der Waals surface area contributed by atoms with Crippen LogP contribution < -0.4 is 0 Å². The highest BCUT2D eigenvalue weighted by Gasteiger charge is 2.31. The zero-order valence-corrected chi connectivity index (χ0v) is 19.2. The van der Waals surface area contributed by atoms with Crippen LogP contribution in [-0.2, 0) is 19.6 Å². The Labute approximate surface area is 195 Å². The van der Waals surface area contributed by atoms with Gasteiger partial charge in [-0.3, -0.25) is 9.78 Å². The second-order valence-electron chi connectivity index (χ2n) is 8.63. The van der Waals surface area contributed by atoms with Gasteiger partial charge in [0.2, 0.25) is 0 Å². The van der Waals surface area contributed by atoms with Crippen molar-refractivity contribution in [3.8, 4) is 0 Å². The van der Waals surface area contributed by atoms with E-state index in [0.29, 0.717) is 0 Å². The number of hydrogen-bond acceptors (Lipinski definition) is 8. The molecule has 2 aromatic rings. The zero-order chi connectivity index (χ0) is 25.5. The summed E-state index contributed by atoms with van der Waals surface area (Å²) in [6.07, 6.45) is 0.578. The molecule has 0 saturated heterocycles. The lowest BCUT2D eigenvalue weighted by Crippen LogP contribution is -2.33. The van der Waals surface area contributed by atoms with Gasteiger partial charge in [-0.2, -0.15) is 9.78 Å². The van der Waals surface area contributed by atoms with Crippen LogP contribution in [0.4, 0.5) is 0 Å². The van der Waals surface area contributed by atoms with E-state index in [1.54, 1.807) is 27.7 Å². The fourth-order valence-corrected chi connectivity index (χ4v) is 2.77. The predicted molar refractivity (Wildman–Crippen MR) is 117 cm³/mol. The Morgan fingerprint density at radius 2 is 0.912 bits per heavy atom. The molecule has 0 aliphatic rings. The molecule has 0 heterocycles. The maximum Gasteiger partial charge on any atom is 0.373 e. The molecular formula is C24H26O10. The summed E-state index contributed by atoms with van der Waals surface area (Å²) < 4.78 is 0. The third kappa shape index (κ3) is 7.39. The van der Waals surface area contributed by atoms with Crippen molar-refractivity contribution in [3.63, 3.8) is 0 Å². The Morgan fingerprint density at radius 3 is 1.21 bits per heavy atom. The molecule has 0 aliphatic carbocycles. The minimum Gasteiger partial charge on any atom is -0.478 e. The van der Waals surface area contributed by atoms with E-state index in [9.17, 15) is 29.4 Å². The normalized spacial score (nSPS) is 11.5. The maximum atomic E-state index is 12.3. The number of carbonyl (C=O) groups is 4. The van der Waals surface area contributed by atoms with Gasteiger partial charge in [-0.1, -0.05) is 24.3 Å². The second kappa shape index (κ2) is 10.9. The number of benzene rings is 2. The summed E-state index contributed by atoms with van der Waals surface area (Å²) in [7, 11) is 0. The molecule has 34 heavy (non-hydrogen) atoms. The SMILES string of the molecule is CC(C)(CCC(C)(C)OOC(=O)c1ccccc1C(=O)O)OOC(=O)c1ccccc1C(=O)O. The number of carbonyl (C=O) groups excluding carboxylic acids is 2. The molecule has 10 heteroatoms. The standard InChI is InChI=1S/C24H26O10/c1-23(2,33-31-21(29)17-11-7-5-9-15(17)19(25)26)13-14-24(3,4)34-32-22(30)18-12-8-6-10-16(18)20(27)28/h5-12H,13-14H2,1-4H3,(H,25,26)(H,27,28). The fraction of sp³-hybridized carbons (Fsp3) is 0.333. The van der Waals surface area contributed by atoms with Gasteiger partial charge in [-0.05, 0) is 64.8 Å². The number of carboxylic acids is 2. The average Bonchev–Trinajstić information content (AvgIpc) is 2.80. The van der Waals surface area contributed by atoms with Crippen LogP contribution in [0.2, 0.25) is 0 Å². The first-order valence-electron chi connectivity index (χ1n) is 10.3. The van der Waals surface area contributed by atoms with E-state index in [1.807, 2.05) is 0 Å². The number of hydrogen-bond donors (Lipinski definition) is 2. The monoisotopic (exact) mass is 474 g/mol. The van der Waals surface area contributed by atoms with Gasteiger partial charge in [0.25, 0.3) is 0 Å². The number of rotatable bonds is 11. The number of carboxylic acid groups (broad SMARTS) is 2. The van der Waals surface area contributed by atoms with Gasteiger partial charge in [-0.15, -0.1) is 0 Å². The van der Waals surface area contributed by atoms with Crippen molar-refractivity contribution in [1.82, 2.24) is 0 Å². The lowest BCUT2D eigenvalue weighted by molar-refractivity contribution is -0.325. The van der Waals surface area contributed by atoms with Gasteiger partial charge in [0.1, 0.15) is 11.2 Å². The topological polar surface area (TPSA) is 146 Å². The van der Waals surface area contributed by atoms with Crippen molar-refractivity contribution in [3.05, 3.63) is 70.8 Å². The van der Waals surface area contributed by atoms with E-state index in [4.69, 9.17) is 19.6 Å². The van der Waals surface area contributed by atoms with Gasteiger partial charge in [0.05, 0.1) is 22.3 Å². The molecule has 0 fully saturated rings. The second-order valence-corrected chi connectivity index (χ2v) is 8.63. The summed E-state index contributed by atoms with van der Waals surface area (Å²) in [5, 5.41) is 18.4. The summed E-state index contributed by atoms with van der Waals surface area (Å²) in [6.45, 7) is 6.59. The van der Waals surface area contributed by atoms with Crippen molar-refractivity contribution in [2.45, 2.75) is 51.7 Å². The van der Waals surface area contributed by atoms with Crippen LogP contribution in [0.3, 0.4) is 0 Å².